The molecule has 0 unspecified atom stereocenters. The van der Waals surface area contributed by atoms with Crippen LogP contribution in [0, 0.1) is 0 Å². The average molecular weight is 289 g/mol. The Labute approximate surface area is 118 Å². The lowest BCUT2D eigenvalue weighted by molar-refractivity contribution is -0.142. The van der Waals surface area contributed by atoms with Crippen molar-refractivity contribution in [1.29, 1.82) is 0 Å². The molecule has 0 radical (unpaired) electrons. The highest BCUT2D eigenvalue weighted by atomic mass is 16.5. The number of nitrogens with one attached hydrogen (secondary N) is 2. The molecule has 0 aliphatic rings. The lowest BCUT2D eigenvalue weighted by Crippen LogP contribution is -2.40. The van der Waals surface area contributed by atoms with Gasteiger partial charge in [-0.1, -0.05) is 0 Å². The van der Waals surface area contributed by atoms with Gasteiger partial charge in [-0.05, 0) is 13.8 Å². The minimum Gasteiger partial charge on any atom is -0.480 e. The van der Waals surface area contributed by atoms with Gasteiger partial charge in [0.25, 0.3) is 0 Å². The molecule has 0 saturated carbocycles. The maximum Gasteiger partial charge on any atom is 0.329 e. The van der Waals surface area contributed by atoms with Gasteiger partial charge in [-0.25, -0.2) is 9.59 Å². The second kappa shape index (κ2) is 11.0. The van der Waals surface area contributed by atoms with Crippen LogP contribution >= 0.6 is 0 Å². The summed E-state index contributed by atoms with van der Waals surface area (Å²) in [5.74, 6) is -1.05. The van der Waals surface area contributed by atoms with Crippen molar-refractivity contribution in [1.82, 2.24) is 15.5 Å². The van der Waals surface area contributed by atoms with Gasteiger partial charge in [-0.3, -0.25) is 4.79 Å². The van der Waals surface area contributed by atoms with Crippen molar-refractivity contribution in [3.05, 3.63) is 0 Å². The Balaban J connectivity index is 3.58. The summed E-state index contributed by atoms with van der Waals surface area (Å²) >= 11 is 0. The van der Waals surface area contributed by atoms with Crippen LogP contribution < -0.4 is 10.6 Å². The molecule has 20 heavy (non-hydrogen) atoms. The third kappa shape index (κ3) is 9.15. The lowest BCUT2D eigenvalue weighted by Gasteiger charge is -2.18. The maximum absolute atomic E-state index is 11.6. The number of ether oxygens (including phenoxy) is 1. The molecule has 0 spiro atoms. The van der Waals surface area contributed by atoms with Crippen molar-refractivity contribution in [2.75, 3.05) is 39.4 Å². The van der Waals surface area contributed by atoms with Crippen molar-refractivity contribution >= 4 is 17.9 Å². The number of carboxylic acid groups (broad SMARTS) is 1. The summed E-state index contributed by atoms with van der Waals surface area (Å²) in [5, 5.41) is 13.4. The Hall–Kier alpha value is -1.83. The molecular formula is C12H23N3O5. The number of aliphatic carboxylic acids is 1. The van der Waals surface area contributed by atoms with Crippen molar-refractivity contribution in [3.63, 3.8) is 0 Å². The number of urea groups is 1. The first-order chi connectivity index (χ1) is 9.51. The van der Waals surface area contributed by atoms with Gasteiger partial charge in [0.2, 0.25) is 5.91 Å². The normalized spacial score (nSPS) is 9.90. The van der Waals surface area contributed by atoms with Crippen LogP contribution in [0.4, 0.5) is 4.79 Å². The highest BCUT2D eigenvalue weighted by molar-refractivity contribution is 5.78. The van der Waals surface area contributed by atoms with Gasteiger partial charge < -0.3 is 25.4 Å². The van der Waals surface area contributed by atoms with E-state index >= 15 is 0 Å². The number of carbonyl (C=O) groups excluding carboxylic acids is 2. The van der Waals surface area contributed by atoms with Crippen LogP contribution in [0.1, 0.15) is 20.3 Å². The van der Waals surface area contributed by atoms with E-state index in [1.807, 2.05) is 13.8 Å². The number of rotatable bonds is 10. The van der Waals surface area contributed by atoms with Crippen LogP contribution in [-0.2, 0) is 14.3 Å². The first-order valence-electron chi connectivity index (χ1n) is 6.60. The molecule has 0 aromatic rings. The number of nitrogens with zero attached hydrogens (tertiary/aromatic N) is 1. The van der Waals surface area contributed by atoms with Crippen molar-refractivity contribution in [2.45, 2.75) is 20.3 Å². The van der Waals surface area contributed by atoms with Crippen LogP contribution in [0.3, 0.4) is 0 Å². The summed E-state index contributed by atoms with van der Waals surface area (Å²) in [5.41, 5.74) is 0. The monoisotopic (exact) mass is 289 g/mol. The van der Waals surface area contributed by atoms with Gasteiger partial charge in [-0.15, -0.1) is 0 Å². The summed E-state index contributed by atoms with van der Waals surface area (Å²) in [6.07, 6.45) is 0.255. The first kappa shape index (κ1) is 18.2. The number of carbonyl (C=O) groups is 3. The maximum atomic E-state index is 11.6. The van der Waals surface area contributed by atoms with Gasteiger partial charge in [0.05, 0.1) is 6.61 Å². The fourth-order valence-corrected chi connectivity index (χ4v) is 1.48. The molecule has 0 aliphatic carbocycles. The topological polar surface area (TPSA) is 108 Å². The van der Waals surface area contributed by atoms with E-state index in [1.165, 1.54) is 0 Å². The Morgan fingerprint density at radius 1 is 1.10 bits per heavy atom. The van der Waals surface area contributed by atoms with Crippen molar-refractivity contribution in [3.8, 4) is 0 Å². The smallest absolute Gasteiger partial charge is 0.329 e. The summed E-state index contributed by atoms with van der Waals surface area (Å²) in [6, 6.07) is -0.406. The molecule has 0 saturated heterocycles. The Morgan fingerprint density at radius 3 is 2.25 bits per heavy atom. The predicted molar refractivity (Wildman–Crippen MR) is 72.4 cm³/mol. The minimum absolute atomic E-state index is 0.0000847. The molecular weight excluding hydrogens is 266 g/mol. The Bertz CT molecular complexity index is 318. The van der Waals surface area contributed by atoms with Crippen molar-refractivity contribution in [2.24, 2.45) is 0 Å². The van der Waals surface area contributed by atoms with Gasteiger partial charge in [0, 0.05) is 32.6 Å². The number of hydrogen-bond donors (Lipinski definition) is 3. The van der Waals surface area contributed by atoms with Gasteiger partial charge in [-0.2, -0.15) is 0 Å². The quantitative estimate of drug-likeness (QED) is 0.476. The fraction of sp³-hybridized carbons (Fsp3) is 0.750. The molecule has 8 nitrogen and oxygen atoms in total. The zero-order chi connectivity index (χ0) is 15.4. The lowest BCUT2D eigenvalue weighted by atomic mass is 10.3. The zero-order valence-electron chi connectivity index (χ0n) is 12.0. The third-order valence-corrected chi connectivity index (χ3v) is 2.50. The molecule has 0 heterocycles. The standard InChI is InChI=1S/C12H23N3O5/c1-3-15(4-2)10(16)5-6-13-12(19)14-7-8-20-9-11(17)18/h3-9H2,1-2H3,(H,17,18)(H2,13,14,19). The highest BCUT2D eigenvalue weighted by Gasteiger charge is 2.09. The molecule has 116 valence electrons. The van der Waals surface area contributed by atoms with E-state index in [0.717, 1.165) is 0 Å². The van der Waals surface area contributed by atoms with Crippen LogP contribution in [0.2, 0.25) is 0 Å². The summed E-state index contributed by atoms with van der Waals surface area (Å²) in [6.45, 7) is 5.32. The van der Waals surface area contributed by atoms with Crippen LogP contribution in [-0.4, -0.2) is 67.3 Å². The second-order valence-electron chi connectivity index (χ2n) is 3.95. The molecule has 0 aromatic heterocycles. The van der Waals surface area contributed by atoms with Gasteiger partial charge >= 0.3 is 12.0 Å². The fourth-order valence-electron chi connectivity index (χ4n) is 1.48. The van der Waals surface area contributed by atoms with E-state index in [4.69, 9.17) is 9.84 Å². The predicted octanol–water partition coefficient (Wildman–Crippen LogP) is -0.355. The second-order valence-corrected chi connectivity index (χ2v) is 3.95. The van der Waals surface area contributed by atoms with E-state index in [-0.39, 0.29) is 38.6 Å². The van der Waals surface area contributed by atoms with E-state index in [9.17, 15) is 14.4 Å². The largest absolute Gasteiger partial charge is 0.480 e. The molecule has 0 aliphatic heterocycles. The summed E-state index contributed by atoms with van der Waals surface area (Å²) in [4.78, 5) is 34.8. The molecule has 3 amide bonds. The van der Waals surface area contributed by atoms with Crippen molar-refractivity contribution < 1.29 is 24.2 Å². The summed E-state index contributed by atoms with van der Waals surface area (Å²) in [7, 11) is 0. The highest BCUT2D eigenvalue weighted by Crippen LogP contribution is 1.92. The number of hydrogen-bond acceptors (Lipinski definition) is 4. The number of carboxylic acids is 1. The SMILES string of the molecule is CCN(CC)C(=O)CCNC(=O)NCCOCC(=O)O. The first-order valence-corrected chi connectivity index (χ1v) is 6.60. The molecule has 0 aromatic carbocycles. The van der Waals surface area contributed by atoms with Gasteiger partial charge in [0.15, 0.2) is 0 Å². The van der Waals surface area contributed by atoms with Crippen LogP contribution in [0.25, 0.3) is 0 Å². The van der Waals surface area contributed by atoms with Gasteiger partial charge in [0.1, 0.15) is 6.61 Å². The zero-order valence-corrected chi connectivity index (χ0v) is 12.0. The Kier molecular flexibility index (Phi) is 10.0. The van der Waals surface area contributed by atoms with E-state index in [0.29, 0.717) is 13.1 Å². The van der Waals surface area contributed by atoms with E-state index in [2.05, 4.69) is 10.6 Å². The molecule has 0 rings (SSSR count). The third-order valence-electron chi connectivity index (χ3n) is 2.50. The van der Waals surface area contributed by atoms with Crippen LogP contribution in [0.5, 0.6) is 0 Å². The average Bonchev–Trinajstić information content (AvgIpc) is 2.39. The van der Waals surface area contributed by atoms with E-state index < -0.39 is 12.0 Å². The number of amides is 3. The molecule has 3 N–H and O–H groups in total. The minimum atomic E-state index is -1.05. The summed E-state index contributed by atoms with van der Waals surface area (Å²) < 4.78 is 4.75. The van der Waals surface area contributed by atoms with Crippen LogP contribution in [0.15, 0.2) is 0 Å². The van der Waals surface area contributed by atoms with E-state index in [1.54, 1.807) is 4.90 Å². The molecule has 8 heteroatoms. The molecule has 0 atom stereocenters. The molecule has 0 bridgehead atoms. The molecule has 0 fully saturated rings. The Morgan fingerprint density at radius 2 is 1.70 bits per heavy atom.